The molecule has 118 valence electrons. The van der Waals surface area contributed by atoms with Crippen molar-refractivity contribution in [2.45, 2.75) is 24.8 Å². The minimum absolute atomic E-state index is 0.449. The minimum Gasteiger partial charge on any atom is -0.390 e. The second kappa shape index (κ2) is 5.58. The molecule has 0 spiro atoms. The molecule has 0 radical (unpaired) electrons. The quantitative estimate of drug-likeness (QED) is 0.541. The zero-order valence-corrected chi connectivity index (χ0v) is 10.9. The van der Waals surface area contributed by atoms with Gasteiger partial charge in [-0.1, -0.05) is 12.2 Å². The van der Waals surface area contributed by atoms with Crippen LogP contribution < -0.4 is 0 Å². The zero-order valence-electron chi connectivity index (χ0n) is 10.9. The molecule has 0 aliphatic carbocycles. The van der Waals surface area contributed by atoms with E-state index in [0.717, 1.165) is 24.3 Å². The Kier molecular flexibility index (Phi) is 3.97. The van der Waals surface area contributed by atoms with Gasteiger partial charge in [-0.05, 0) is 0 Å². The Morgan fingerprint density at radius 1 is 0.727 bits per heavy atom. The fourth-order valence-corrected chi connectivity index (χ4v) is 1.54. The van der Waals surface area contributed by atoms with Crippen LogP contribution in [0.2, 0.25) is 0 Å². The molecule has 2 heterocycles. The van der Waals surface area contributed by atoms with Gasteiger partial charge in [0.05, 0.1) is 12.8 Å². The largest absolute Gasteiger partial charge is 0.488 e. The van der Waals surface area contributed by atoms with Crippen molar-refractivity contribution >= 4 is 23.9 Å². The average Bonchev–Trinajstić information content (AvgIpc) is 2.34. The number of carbonyl (C=O) groups is 4. The van der Waals surface area contributed by atoms with Crippen molar-refractivity contribution in [3.63, 3.8) is 0 Å². The Morgan fingerprint density at radius 2 is 1.09 bits per heavy atom. The molecule has 0 fully saturated rings. The third-order valence-corrected chi connectivity index (χ3v) is 2.46. The standard InChI is InChI=1S/C12H10O10/c13-7-3-1-4-8(14)20-11(17,19-7)12(18)21-9(15)5-2-6-10(16)22-12/h1-3,5,17-18H,4,6H2/b3-1-,5-2-. The highest BCUT2D eigenvalue weighted by molar-refractivity contribution is 5.86. The average molecular weight is 314 g/mol. The summed E-state index contributed by atoms with van der Waals surface area (Å²) in [4.78, 5) is 45.6. The van der Waals surface area contributed by atoms with Gasteiger partial charge < -0.3 is 29.2 Å². The zero-order chi connectivity index (χ0) is 16.4. The number of hydrogen-bond donors (Lipinski definition) is 2. The molecule has 2 unspecified atom stereocenters. The van der Waals surface area contributed by atoms with E-state index in [4.69, 9.17) is 0 Å². The predicted molar refractivity (Wildman–Crippen MR) is 61.8 cm³/mol. The van der Waals surface area contributed by atoms with Gasteiger partial charge in [-0.3, -0.25) is 9.59 Å². The number of rotatable bonds is 1. The van der Waals surface area contributed by atoms with Crippen LogP contribution in [-0.4, -0.2) is 46.0 Å². The highest BCUT2D eigenvalue weighted by atomic mass is 16.9. The Labute approximate surface area is 122 Å². The molecule has 10 nitrogen and oxygen atoms in total. The highest BCUT2D eigenvalue weighted by Gasteiger charge is 2.66. The van der Waals surface area contributed by atoms with Crippen LogP contribution >= 0.6 is 0 Å². The van der Waals surface area contributed by atoms with E-state index in [1.165, 1.54) is 0 Å². The van der Waals surface area contributed by atoms with E-state index in [0.29, 0.717) is 0 Å². The van der Waals surface area contributed by atoms with Crippen LogP contribution in [0.1, 0.15) is 12.8 Å². The Hall–Kier alpha value is -2.72. The molecule has 0 saturated heterocycles. The van der Waals surface area contributed by atoms with Gasteiger partial charge in [-0.25, -0.2) is 9.59 Å². The molecule has 2 N–H and O–H groups in total. The molecule has 2 aliphatic rings. The van der Waals surface area contributed by atoms with Crippen molar-refractivity contribution in [2.24, 2.45) is 0 Å². The summed E-state index contributed by atoms with van der Waals surface area (Å²) >= 11 is 0. The van der Waals surface area contributed by atoms with Crippen LogP contribution in [0.5, 0.6) is 0 Å². The molecule has 0 aromatic carbocycles. The van der Waals surface area contributed by atoms with E-state index in [-0.39, 0.29) is 0 Å². The molecule has 10 heteroatoms. The first-order valence-corrected chi connectivity index (χ1v) is 5.91. The third kappa shape index (κ3) is 3.13. The van der Waals surface area contributed by atoms with Gasteiger partial charge in [-0.15, -0.1) is 0 Å². The van der Waals surface area contributed by atoms with Crippen molar-refractivity contribution in [3.8, 4) is 0 Å². The van der Waals surface area contributed by atoms with E-state index >= 15 is 0 Å². The Bertz CT molecular complexity index is 539. The predicted octanol–water partition coefficient (Wildman–Crippen LogP) is -1.63. The lowest BCUT2D eigenvalue weighted by atomic mass is 10.3. The number of carbonyl (C=O) groups excluding carboxylic acids is 4. The first kappa shape index (κ1) is 15.7. The van der Waals surface area contributed by atoms with Gasteiger partial charge >= 0.3 is 35.8 Å². The summed E-state index contributed by atoms with van der Waals surface area (Å²) in [5.74, 6) is -11.9. The molecule has 0 amide bonds. The molecule has 2 rings (SSSR count). The van der Waals surface area contributed by atoms with Crippen molar-refractivity contribution in [1.82, 2.24) is 0 Å². The fraction of sp³-hybridized carbons (Fsp3) is 0.333. The van der Waals surface area contributed by atoms with E-state index in [1.807, 2.05) is 0 Å². The normalized spacial score (nSPS) is 35.5. The van der Waals surface area contributed by atoms with Crippen LogP contribution in [0, 0.1) is 0 Å². The molecule has 0 saturated carbocycles. The van der Waals surface area contributed by atoms with Crippen LogP contribution in [0.15, 0.2) is 24.3 Å². The molecule has 0 bridgehead atoms. The summed E-state index contributed by atoms with van der Waals surface area (Å²) in [6.07, 6.45) is 2.79. The Balaban J connectivity index is 2.42. The smallest absolute Gasteiger partial charge is 0.390 e. The minimum atomic E-state index is -3.57. The second-order valence-electron chi connectivity index (χ2n) is 4.17. The lowest BCUT2D eigenvalue weighted by Crippen LogP contribution is -2.64. The van der Waals surface area contributed by atoms with Gasteiger partial charge in [0, 0.05) is 12.2 Å². The van der Waals surface area contributed by atoms with Crippen molar-refractivity contribution < 1.29 is 48.3 Å². The van der Waals surface area contributed by atoms with Crippen molar-refractivity contribution in [1.29, 1.82) is 0 Å². The van der Waals surface area contributed by atoms with Gasteiger partial charge in [0.2, 0.25) is 0 Å². The maximum absolute atomic E-state index is 11.4. The lowest BCUT2D eigenvalue weighted by molar-refractivity contribution is -0.503. The molecule has 0 aromatic heterocycles. The number of cyclic esters (lactones) is 4. The summed E-state index contributed by atoms with van der Waals surface area (Å²) < 4.78 is 17.4. The van der Waals surface area contributed by atoms with E-state index in [2.05, 4.69) is 18.9 Å². The third-order valence-electron chi connectivity index (χ3n) is 2.46. The van der Waals surface area contributed by atoms with Crippen LogP contribution in [0.4, 0.5) is 0 Å². The summed E-state index contributed by atoms with van der Waals surface area (Å²) in [5, 5.41) is 20.2. The van der Waals surface area contributed by atoms with E-state index < -0.39 is 48.7 Å². The highest BCUT2D eigenvalue weighted by Crippen LogP contribution is 2.31. The van der Waals surface area contributed by atoms with Crippen molar-refractivity contribution in [3.05, 3.63) is 24.3 Å². The number of ether oxygens (including phenoxy) is 4. The molecule has 2 aliphatic heterocycles. The maximum atomic E-state index is 11.4. The van der Waals surface area contributed by atoms with Gasteiger partial charge in [0.1, 0.15) is 0 Å². The first-order chi connectivity index (χ1) is 10.2. The monoisotopic (exact) mass is 314 g/mol. The maximum Gasteiger partial charge on any atom is 0.488 e. The number of hydrogen-bond acceptors (Lipinski definition) is 10. The summed E-state index contributed by atoms with van der Waals surface area (Å²) in [6, 6.07) is 0. The molecule has 0 aromatic rings. The summed E-state index contributed by atoms with van der Waals surface area (Å²) in [5.41, 5.74) is 0. The van der Waals surface area contributed by atoms with E-state index in [1.54, 1.807) is 0 Å². The lowest BCUT2D eigenvalue weighted by Gasteiger charge is -2.37. The van der Waals surface area contributed by atoms with Crippen molar-refractivity contribution in [2.75, 3.05) is 0 Å². The first-order valence-electron chi connectivity index (χ1n) is 5.91. The number of aliphatic hydroxyl groups is 2. The van der Waals surface area contributed by atoms with Crippen LogP contribution in [0.3, 0.4) is 0 Å². The molecular formula is C12H10O10. The SMILES string of the molecule is O=C1/C=C\CC(=O)OC(O)(C2(O)OC(=O)/C=C\CC(=O)O2)O1. The van der Waals surface area contributed by atoms with Gasteiger partial charge in [0.25, 0.3) is 0 Å². The van der Waals surface area contributed by atoms with Gasteiger partial charge in [0.15, 0.2) is 0 Å². The number of esters is 4. The Morgan fingerprint density at radius 3 is 1.45 bits per heavy atom. The van der Waals surface area contributed by atoms with Crippen LogP contribution in [0.25, 0.3) is 0 Å². The van der Waals surface area contributed by atoms with E-state index in [9.17, 15) is 29.4 Å². The molecule has 2 atom stereocenters. The fourth-order valence-electron chi connectivity index (χ4n) is 1.54. The summed E-state index contributed by atoms with van der Waals surface area (Å²) in [7, 11) is 0. The van der Waals surface area contributed by atoms with Gasteiger partial charge in [-0.2, -0.15) is 0 Å². The van der Waals surface area contributed by atoms with Crippen LogP contribution in [-0.2, 0) is 38.1 Å². The molecular weight excluding hydrogens is 304 g/mol. The topological polar surface area (TPSA) is 146 Å². The summed E-state index contributed by atoms with van der Waals surface area (Å²) in [6.45, 7) is 0. The molecule has 22 heavy (non-hydrogen) atoms. The second-order valence-corrected chi connectivity index (χ2v) is 4.17.